The van der Waals surface area contributed by atoms with E-state index in [0.717, 1.165) is 0 Å². The van der Waals surface area contributed by atoms with Crippen LogP contribution in [0.5, 0.6) is 0 Å². The molecule has 15 heteroatoms. The minimum atomic E-state index is -1.50. The van der Waals surface area contributed by atoms with Gasteiger partial charge in [-0.2, -0.15) is 0 Å². The minimum absolute atomic E-state index is 0. The van der Waals surface area contributed by atoms with Crippen LogP contribution in [0.1, 0.15) is 0 Å². The van der Waals surface area contributed by atoms with Crippen LogP contribution in [0.25, 0.3) is 24.6 Å². The third-order valence-electron chi connectivity index (χ3n) is 0. The van der Waals surface area contributed by atoms with E-state index in [1.807, 2.05) is 0 Å². The molecule has 0 saturated heterocycles. The average molecular weight is 732 g/mol. The summed E-state index contributed by atoms with van der Waals surface area (Å²) >= 11 is -0.472. The van der Waals surface area contributed by atoms with Crippen LogP contribution in [-0.2, 0) is 59.9 Å². The van der Waals surface area contributed by atoms with Crippen LogP contribution in [0.2, 0.25) is 0 Å². The van der Waals surface area contributed by atoms with Gasteiger partial charge in [0.15, 0.2) is 0 Å². The maximum atomic E-state index is 8.36. The predicted molar refractivity (Wildman–Crippen MR) is 48.9 cm³/mol. The number of hydrogen-bond acceptors (Lipinski definition) is 2. The van der Waals surface area contributed by atoms with Crippen LogP contribution in [0.15, 0.2) is 0 Å². The van der Waals surface area contributed by atoms with E-state index in [9.17, 15) is 0 Å². The third-order valence-corrected chi connectivity index (χ3v) is 0. The van der Waals surface area contributed by atoms with Crippen LogP contribution in [0, 0.1) is 10.1 Å². The molecule has 0 spiro atoms. The van der Waals surface area contributed by atoms with E-state index in [2.05, 4.69) is 0 Å². The molecular weight excluding hydrogens is 719 g/mol. The fraction of sp³-hybridized carbons (Fsp3) is 0. The van der Waals surface area contributed by atoms with Crippen molar-refractivity contribution in [3.05, 3.63) is 34.7 Å². The zero-order chi connectivity index (χ0) is 6.28. The molecule has 1 radical (unpaired) electrons. The van der Waals surface area contributed by atoms with Gasteiger partial charge in [-0.15, -0.1) is 10.1 Å². The maximum Gasteiger partial charge on any atom is 2.00 e. The molecule has 0 saturated carbocycles. The molecule has 10 nitrogen and oxygen atoms in total. The Hall–Kier alpha value is 1.66. The molecule has 113 valence electrons. The van der Waals surface area contributed by atoms with Crippen molar-refractivity contribution in [2.45, 2.75) is 0 Å². The summed E-state index contributed by atoms with van der Waals surface area (Å²) in [4.78, 5) is 8.36. The zero-order valence-electron chi connectivity index (χ0n) is 6.71. The second-order valence-corrected chi connectivity index (χ2v) is 3.57. The zero-order valence-corrected chi connectivity index (χ0v) is 14.2. The van der Waals surface area contributed by atoms with Crippen molar-refractivity contribution in [2.75, 3.05) is 0 Å². The number of nitrogens with two attached hydrogens (primary N) is 4. The largest absolute Gasteiger partial charge is 2.00 e. The summed E-state index contributed by atoms with van der Waals surface area (Å²) in [6.45, 7) is 0. The number of hydrogen-bond donors (Lipinski definition) is 1. The Kier molecular flexibility index (Phi) is 646. The molecule has 15 heavy (non-hydrogen) atoms. The van der Waals surface area contributed by atoms with E-state index < -0.39 is 21.6 Å². The summed E-state index contributed by atoms with van der Waals surface area (Å²) < 4.78 is 0. The van der Waals surface area contributed by atoms with Gasteiger partial charge in [0.25, 0.3) is 5.09 Å². The first-order valence-corrected chi connectivity index (χ1v) is 6.44. The normalized spacial score (nSPS) is 3.07. The van der Waals surface area contributed by atoms with E-state index in [1.165, 1.54) is 0 Å². The summed E-state index contributed by atoms with van der Waals surface area (Å²) in [5, 5.41) is 13.6. The van der Waals surface area contributed by atoms with Gasteiger partial charge < -0.3 is 40.8 Å². The Labute approximate surface area is 133 Å². The van der Waals surface area contributed by atoms with E-state index in [-0.39, 0.29) is 79.0 Å². The first kappa shape index (κ1) is 92.1. The quantitative estimate of drug-likeness (QED) is 0.223. The van der Waals surface area contributed by atoms with Crippen molar-refractivity contribution in [1.29, 1.82) is 0 Å². The van der Waals surface area contributed by atoms with Crippen molar-refractivity contribution in [3.8, 4) is 0 Å². The van der Waals surface area contributed by atoms with E-state index in [1.54, 1.807) is 0 Å². The van der Waals surface area contributed by atoms with Gasteiger partial charge >= 0.3 is 56.4 Å². The fourth-order valence-corrected chi connectivity index (χ4v) is 0. The molecule has 0 aliphatic heterocycles. The molecule has 0 amide bonds. The first-order valence-electron chi connectivity index (χ1n) is 0.804. The van der Waals surface area contributed by atoms with Gasteiger partial charge in [0.05, 0.1) is 0 Å². The Morgan fingerprint density at radius 3 is 1.07 bits per heavy atom. The van der Waals surface area contributed by atoms with Crippen LogP contribution in [0.3, 0.4) is 0 Å². The molecule has 0 aromatic rings. The van der Waals surface area contributed by atoms with Gasteiger partial charge in [0.1, 0.15) is 0 Å². The summed E-state index contributed by atoms with van der Waals surface area (Å²) in [5.41, 5.74) is 0. The van der Waals surface area contributed by atoms with Gasteiger partial charge in [0.2, 0.25) is 0 Å². The van der Waals surface area contributed by atoms with Crippen LogP contribution < -0.4 is 0 Å². The second kappa shape index (κ2) is 105. The molecule has 0 atom stereocenters. The van der Waals surface area contributed by atoms with Gasteiger partial charge in [-0.05, 0) is 0 Å². The SMILES string of the molecule is O.O.O=[N+]([O-])O.[Ag].[Cl][Pt+2][Cl].[NH2-].[NH2-].[NH2-].[NH2-].[Pt+2]. The maximum absolute atomic E-state index is 8.36. The summed E-state index contributed by atoms with van der Waals surface area (Å²) in [6.07, 6.45) is 0. The molecule has 0 aromatic carbocycles. The number of halogens is 2. The molecule has 0 aliphatic carbocycles. The molecule has 0 rings (SSSR count). The molecule has 0 fully saturated rings. The fourth-order valence-electron chi connectivity index (χ4n) is 0. The Bertz CT molecular complexity index is 62.7. The van der Waals surface area contributed by atoms with Crippen LogP contribution >= 0.6 is 18.8 Å². The number of rotatable bonds is 0. The molecule has 0 heterocycles. The molecule has 0 aliphatic rings. The predicted octanol–water partition coefficient (Wildman–Crippen LogP) is 2.24. The van der Waals surface area contributed by atoms with E-state index >= 15 is 0 Å². The number of nitrogens with zero attached hydrogens (tertiary/aromatic N) is 1. The monoisotopic (exact) mass is 730 g/mol. The van der Waals surface area contributed by atoms with Crippen molar-refractivity contribution >= 4 is 18.8 Å². The Balaban J connectivity index is -0.00000000275. The van der Waals surface area contributed by atoms with Crippen molar-refractivity contribution in [2.24, 2.45) is 0 Å². The molecule has 0 unspecified atom stereocenters. The molecular formula is H13AgCl2N5O5Pt2. The average Bonchev–Trinajstić information content (AvgIpc) is 1.33. The summed E-state index contributed by atoms with van der Waals surface area (Å²) in [5.74, 6) is 0. The van der Waals surface area contributed by atoms with Gasteiger partial charge in [-0.1, -0.05) is 0 Å². The molecule has 13 N–H and O–H groups in total. The Morgan fingerprint density at radius 2 is 1.07 bits per heavy atom. The second-order valence-electron chi connectivity index (χ2n) is 0.283. The minimum Gasteiger partial charge on any atom is -0.693 e. The summed E-state index contributed by atoms with van der Waals surface area (Å²) in [7, 11) is 9.75. The van der Waals surface area contributed by atoms with Crippen molar-refractivity contribution in [1.82, 2.24) is 0 Å². The first-order chi connectivity index (χ1) is 3.15. The topological polar surface area (TPSA) is 260 Å². The van der Waals surface area contributed by atoms with Gasteiger partial charge in [-0.3, -0.25) is 0 Å². The van der Waals surface area contributed by atoms with Gasteiger partial charge in [0, 0.05) is 22.4 Å². The van der Waals surface area contributed by atoms with E-state index in [4.69, 9.17) is 34.2 Å². The standard InChI is InChI=1S/Ag.2ClH.HNO3.4H2N.2H2O.2Pt/c;;;2-1(3)4;;;;;;;;/h;2*1H;(H,2,3,4);6*1H2;;/q;;;;4*-1;;;+2;+4/p-2. The molecule has 0 bridgehead atoms. The smallest absolute Gasteiger partial charge is 0.693 e. The Morgan fingerprint density at radius 1 is 1.07 bits per heavy atom. The van der Waals surface area contributed by atoms with Crippen molar-refractivity contribution in [3.63, 3.8) is 0 Å². The van der Waals surface area contributed by atoms with Crippen LogP contribution in [0.4, 0.5) is 0 Å². The molecule has 0 aromatic heterocycles. The summed E-state index contributed by atoms with van der Waals surface area (Å²) in [6, 6.07) is 0. The van der Waals surface area contributed by atoms with E-state index in [0.29, 0.717) is 0 Å². The van der Waals surface area contributed by atoms with Gasteiger partial charge in [-0.25, -0.2) is 0 Å². The van der Waals surface area contributed by atoms with Crippen molar-refractivity contribution < 1.29 is 81.2 Å². The van der Waals surface area contributed by atoms with Crippen LogP contribution in [-0.4, -0.2) is 21.2 Å². The third kappa shape index (κ3) is 1060.